The van der Waals surface area contributed by atoms with Crippen LogP contribution in [0, 0.1) is 0 Å². The topological polar surface area (TPSA) is 0 Å². The van der Waals surface area contributed by atoms with Gasteiger partial charge in [-0.25, -0.2) is 0 Å². The van der Waals surface area contributed by atoms with Crippen molar-refractivity contribution in [3.63, 3.8) is 0 Å². The third-order valence-corrected chi connectivity index (χ3v) is 4.90. The Labute approximate surface area is 101 Å². The van der Waals surface area contributed by atoms with Gasteiger partial charge in [-0.05, 0) is 26.7 Å². The van der Waals surface area contributed by atoms with Crippen molar-refractivity contribution in [2.24, 2.45) is 0 Å². The molecule has 0 saturated carbocycles. The third kappa shape index (κ3) is 1.25. The normalized spacial score (nSPS) is 12.0. The molecule has 3 aromatic carbocycles. The van der Waals surface area contributed by atoms with E-state index in [1.807, 2.05) is 0 Å². The first-order chi connectivity index (χ1) is 8.43. The van der Waals surface area contributed by atoms with Crippen LogP contribution in [0.15, 0.2) is 60.7 Å². The highest BCUT2D eigenvalue weighted by Crippen LogP contribution is 2.41. The van der Waals surface area contributed by atoms with Crippen molar-refractivity contribution < 1.29 is 0 Å². The molecule has 0 saturated heterocycles. The fraction of sp³-hybridized carbons (Fsp3) is 0. The summed E-state index contributed by atoms with van der Waals surface area (Å²) in [6.45, 7) is 0. The van der Waals surface area contributed by atoms with Crippen molar-refractivity contribution in [2.75, 3.05) is 0 Å². The summed E-state index contributed by atoms with van der Waals surface area (Å²) in [6.07, 6.45) is 0. The molecule has 0 N–H and O–H groups in total. The molecule has 0 aliphatic rings. The molecule has 17 heavy (non-hydrogen) atoms. The minimum Gasteiger partial charge on any atom is -0.123 e. The Morgan fingerprint density at radius 3 is 2.29 bits per heavy atom. The van der Waals surface area contributed by atoms with Gasteiger partial charge in [0.15, 0.2) is 0 Å². The SMILES string of the molecule is c1ccc2c(c1)ccc1c3ccccc3[pH]c21. The van der Waals surface area contributed by atoms with E-state index in [9.17, 15) is 0 Å². The molecule has 1 atom stereocenters. The summed E-state index contributed by atoms with van der Waals surface area (Å²) in [5, 5.41) is 8.62. The minimum atomic E-state index is 0.805. The molecule has 0 spiro atoms. The summed E-state index contributed by atoms with van der Waals surface area (Å²) < 4.78 is 0. The van der Waals surface area contributed by atoms with Crippen LogP contribution < -0.4 is 0 Å². The Hall–Kier alpha value is -1.78. The van der Waals surface area contributed by atoms with Gasteiger partial charge in [0, 0.05) is 5.12 Å². The first-order valence-electron chi connectivity index (χ1n) is 5.82. The van der Waals surface area contributed by atoms with E-state index in [-0.39, 0.29) is 0 Å². The number of fused-ring (bicyclic) bond motifs is 5. The van der Waals surface area contributed by atoms with Crippen LogP contribution in [0.3, 0.4) is 0 Å². The monoisotopic (exact) mass is 234 g/mol. The van der Waals surface area contributed by atoms with Crippen molar-refractivity contribution in [1.82, 2.24) is 0 Å². The Balaban J connectivity index is 2.34. The van der Waals surface area contributed by atoms with E-state index in [1.165, 1.54) is 31.8 Å². The van der Waals surface area contributed by atoms with Gasteiger partial charge in [0.1, 0.15) is 0 Å². The van der Waals surface area contributed by atoms with Crippen LogP contribution in [0.2, 0.25) is 0 Å². The van der Waals surface area contributed by atoms with Crippen LogP contribution in [-0.4, -0.2) is 0 Å². The number of rotatable bonds is 0. The van der Waals surface area contributed by atoms with Crippen molar-refractivity contribution in [3.05, 3.63) is 60.7 Å². The summed E-state index contributed by atoms with van der Waals surface area (Å²) in [5.41, 5.74) is 0. The van der Waals surface area contributed by atoms with Crippen LogP contribution in [0.1, 0.15) is 0 Å². The Morgan fingerprint density at radius 2 is 1.35 bits per heavy atom. The maximum atomic E-state index is 2.27. The molecule has 0 aliphatic heterocycles. The first-order valence-corrected chi connectivity index (χ1v) is 6.82. The van der Waals surface area contributed by atoms with E-state index in [0.29, 0.717) is 0 Å². The molecule has 0 amide bonds. The molecular formula is C16H11P. The Kier molecular flexibility index (Phi) is 1.83. The molecule has 4 aromatic rings. The highest BCUT2D eigenvalue weighted by Gasteiger charge is 2.05. The van der Waals surface area contributed by atoms with E-state index in [0.717, 1.165) is 8.19 Å². The lowest BCUT2D eigenvalue weighted by atomic mass is 10.1. The summed E-state index contributed by atoms with van der Waals surface area (Å²) in [6, 6.07) is 22.0. The molecule has 0 radical (unpaired) electrons. The van der Waals surface area contributed by atoms with Gasteiger partial charge < -0.3 is 0 Å². The Bertz CT molecular complexity index is 840. The average Bonchev–Trinajstić information content (AvgIpc) is 2.78. The average molecular weight is 234 g/mol. The van der Waals surface area contributed by atoms with Gasteiger partial charge in [-0.2, -0.15) is 0 Å². The van der Waals surface area contributed by atoms with Crippen molar-refractivity contribution in [2.45, 2.75) is 0 Å². The molecule has 4 rings (SSSR count). The fourth-order valence-corrected chi connectivity index (χ4v) is 4.11. The van der Waals surface area contributed by atoms with Gasteiger partial charge in [-0.3, -0.25) is 0 Å². The van der Waals surface area contributed by atoms with Gasteiger partial charge in [0.25, 0.3) is 0 Å². The quantitative estimate of drug-likeness (QED) is 0.393. The summed E-state index contributed by atoms with van der Waals surface area (Å²) in [7, 11) is 0.805. The van der Waals surface area contributed by atoms with Crippen LogP contribution in [-0.2, 0) is 0 Å². The highest BCUT2D eigenvalue weighted by atomic mass is 31.0. The zero-order valence-corrected chi connectivity index (χ0v) is 10.3. The van der Waals surface area contributed by atoms with Gasteiger partial charge in [0.2, 0.25) is 0 Å². The lowest BCUT2D eigenvalue weighted by Crippen LogP contribution is -1.71. The lowest BCUT2D eigenvalue weighted by Gasteiger charge is -1.99. The summed E-state index contributed by atoms with van der Waals surface area (Å²) >= 11 is 0. The van der Waals surface area contributed by atoms with Crippen LogP contribution >= 0.6 is 8.19 Å². The summed E-state index contributed by atoms with van der Waals surface area (Å²) in [4.78, 5) is 0. The molecule has 0 aliphatic carbocycles. The molecule has 1 heteroatoms. The summed E-state index contributed by atoms with van der Waals surface area (Å²) in [5.74, 6) is 0. The molecular weight excluding hydrogens is 223 g/mol. The second kappa shape index (κ2) is 3.35. The van der Waals surface area contributed by atoms with E-state index < -0.39 is 0 Å². The lowest BCUT2D eigenvalue weighted by molar-refractivity contribution is 1.82. The zero-order valence-electron chi connectivity index (χ0n) is 9.27. The van der Waals surface area contributed by atoms with Crippen molar-refractivity contribution in [3.8, 4) is 0 Å². The number of hydrogen-bond donors (Lipinski definition) is 0. The van der Waals surface area contributed by atoms with Gasteiger partial charge in [-0.1, -0.05) is 60.7 Å². The van der Waals surface area contributed by atoms with Gasteiger partial charge in [-0.15, -0.1) is 8.19 Å². The predicted molar refractivity (Wildman–Crippen MR) is 78.5 cm³/mol. The highest BCUT2D eigenvalue weighted by molar-refractivity contribution is 7.44. The predicted octanol–water partition coefficient (Wildman–Crippen LogP) is 5.18. The van der Waals surface area contributed by atoms with Gasteiger partial charge >= 0.3 is 0 Å². The fourth-order valence-electron chi connectivity index (χ4n) is 2.59. The minimum absolute atomic E-state index is 0.805. The molecule has 80 valence electrons. The standard InChI is InChI=1S/C16H11P/c1-2-6-12-11(5-1)9-10-14-13-7-3-4-8-15(13)17-16(12)14/h1-10,17H. The van der Waals surface area contributed by atoms with E-state index >= 15 is 0 Å². The third-order valence-electron chi connectivity index (χ3n) is 3.41. The van der Waals surface area contributed by atoms with Gasteiger partial charge in [0.05, 0.1) is 0 Å². The molecule has 0 bridgehead atoms. The number of hydrogen-bond acceptors (Lipinski definition) is 0. The molecule has 0 nitrogen and oxygen atoms in total. The molecule has 1 aromatic heterocycles. The smallest absolute Gasteiger partial charge is 0.00723 e. The molecule has 1 heterocycles. The van der Waals surface area contributed by atoms with Crippen LogP contribution in [0.4, 0.5) is 0 Å². The van der Waals surface area contributed by atoms with E-state index in [4.69, 9.17) is 0 Å². The second-order valence-electron chi connectivity index (χ2n) is 4.38. The van der Waals surface area contributed by atoms with Crippen molar-refractivity contribution >= 4 is 40.0 Å². The molecule has 1 unspecified atom stereocenters. The Morgan fingerprint density at radius 1 is 0.588 bits per heavy atom. The first kappa shape index (κ1) is 9.27. The largest absolute Gasteiger partial charge is 0.123 e. The van der Waals surface area contributed by atoms with Crippen LogP contribution in [0.25, 0.3) is 31.8 Å². The van der Waals surface area contributed by atoms with E-state index in [1.54, 1.807) is 0 Å². The maximum Gasteiger partial charge on any atom is 0.00723 e. The molecule has 0 fully saturated rings. The number of benzene rings is 3. The van der Waals surface area contributed by atoms with E-state index in [2.05, 4.69) is 60.7 Å². The maximum absolute atomic E-state index is 2.27. The zero-order chi connectivity index (χ0) is 11.2. The second-order valence-corrected chi connectivity index (χ2v) is 5.67. The van der Waals surface area contributed by atoms with Crippen molar-refractivity contribution in [1.29, 1.82) is 0 Å². The van der Waals surface area contributed by atoms with Crippen LogP contribution in [0.5, 0.6) is 0 Å².